The third-order valence-corrected chi connectivity index (χ3v) is 7.45. The molecule has 1 aromatic carbocycles. The number of rotatable bonds is 2. The van der Waals surface area contributed by atoms with Gasteiger partial charge < -0.3 is 9.42 Å². The molecule has 0 heterocycles. The predicted molar refractivity (Wildman–Crippen MR) is 99.1 cm³/mol. The molecule has 2 fully saturated rings. The van der Waals surface area contributed by atoms with Crippen molar-refractivity contribution in [3.05, 3.63) is 29.3 Å². The minimum Gasteiger partial charge on any atom is -0.444 e. The molecule has 0 aliphatic heterocycles. The zero-order valence-electron chi connectivity index (χ0n) is 14.3. The molecule has 5 atom stereocenters. The molecule has 3 aliphatic rings. The minimum absolute atomic E-state index is 0.0623. The third-order valence-electron chi connectivity index (χ3n) is 6.68. The summed E-state index contributed by atoms with van der Waals surface area (Å²) >= 11 is 5.00. The molecule has 4 rings (SSSR count). The number of carbonyl (C=O) groups excluding carboxylic acids is 1. The fourth-order valence-electron chi connectivity index (χ4n) is 5.58. The first kappa shape index (κ1) is 16.8. The van der Waals surface area contributed by atoms with E-state index in [2.05, 4.69) is 19.1 Å². The van der Waals surface area contributed by atoms with Gasteiger partial charge in [-0.05, 0) is 84.9 Å². The summed E-state index contributed by atoms with van der Waals surface area (Å²) in [6.07, 6.45) is 6.20. The van der Waals surface area contributed by atoms with Crippen molar-refractivity contribution in [3.8, 4) is 5.75 Å². The maximum atomic E-state index is 12.4. The van der Waals surface area contributed by atoms with E-state index in [9.17, 15) is 9.69 Å². The molecule has 5 heteroatoms. The molecule has 0 aromatic heterocycles. The number of ketones is 1. The first-order valence-corrected chi connectivity index (χ1v) is 12.1. The van der Waals surface area contributed by atoms with Crippen LogP contribution in [-0.4, -0.2) is 17.3 Å². The van der Waals surface area contributed by atoms with Gasteiger partial charge in [0, 0.05) is 18.5 Å². The van der Waals surface area contributed by atoms with Crippen molar-refractivity contribution in [2.45, 2.75) is 51.4 Å². The zero-order valence-corrected chi connectivity index (χ0v) is 16.0. The molecule has 2 saturated carbocycles. The Hall–Kier alpha value is -0.700. The second-order valence-electron chi connectivity index (χ2n) is 8.09. The van der Waals surface area contributed by atoms with Crippen molar-refractivity contribution >= 4 is 24.1 Å². The maximum absolute atomic E-state index is 12.4. The van der Waals surface area contributed by atoms with Gasteiger partial charge in [0.25, 0.3) is 0 Å². The highest BCUT2D eigenvalue weighted by Crippen LogP contribution is 2.59. The Labute approximate surface area is 149 Å². The molecule has 130 valence electrons. The van der Waals surface area contributed by atoms with E-state index in [1.54, 1.807) is 6.66 Å². The fraction of sp³-hybridized carbons (Fsp3) is 0.632. The minimum atomic E-state index is -2.69. The molecule has 5 unspecified atom stereocenters. The standard InChI is InChI=1S/C19H25O3PS/c1-19-10-9-15-14-6-4-13(22-23(2,21)24)11-12(14)3-5-16(15)17(19)7-8-18(19)20/h4,6,11,15-17H,3,5,7-10H2,1-2H3,(H,21,24). The lowest BCUT2D eigenvalue weighted by molar-refractivity contribution is -0.129. The largest absolute Gasteiger partial charge is 0.444 e. The number of hydrogen-bond acceptors (Lipinski definition) is 3. The fourth-order valence-corrected chi connectivity index (χ4v) is 6.35. The van der Waals surface area contributed by atoms with E-state index in [4.69, 9.17) is 16.3 Å². The van der Waals surface area contributed by atoms with Crippen molar-refractivity contribution in [3.63, 3.8) is 0 Å². The van der Waals surface area contributed by atoms with E-state index < -0.39 is 6.49 Å². The van der Waals surface area contributed by atoms with Crippen molar-refractivity contribution in [1.29, 1.82) is 0 Å². The average Bonchev–Trinajstić information content (AvgIpc) is 2.81. The number of aryl methyl sites for hydroxylation is 1. The SMILES string of the molecule is CC12CCC3c4ccc(OP(C)(O)=S)cc4CCC3C1CCC2=O. The van der Waals surface area contributed by atoms with Crippen LogP contribution in [0.2, 0.25) is 0 Å². The monoisotopic (exact) mass is 364 g/mol. The van der Waals surface area contributed by atoms with Gasteiger partial charge >= 0.3 is 0 Å². The van der Waals surface area contributed by atoms with Gasteiger partial charge in [-0.15, -0.1) is 0 Å². The Balaban J connectivity index is 1.64. The van der Waals surface area contributed by atoms with Crippen LogP contribution >= 0.6 is 6.49 Å². The topological polar surface area (TPSA) is 46.5 Å². The molecule has 0 saturated heterocycles. The van der Waals surface area contributed by atoms with E-state index >= 15 is 0 Å². The molecule has 1 aromatic rings. The van der Waals surface area contributed by atoms with Crippen LogP contribution in [0.3, 0.4) is 0 Å². The number of benzene rings is 1. The Morgan fingerprint density at radius 2 is 2.08 bits per heavy atom. The van der Waals surface area contributed by atoms with E-state index in [0.717, 1.165) is 38.5 Å². The molecule has 0 bridgehead atoms. The lowest BCUT2D eigenvalue weighted by Gasteiger charge is -2.48. The van der Waals surface area contributed by atoms with Crippen LogP contribution in [0.15, 0.2) is 18.2 Å². The van der Waals surface area contributed by atoms with Crippen molar-refractivity contribution in [1.82, 2.24) is 0 Å². The van der Waals surface area contributed by atoms with E-state index in [0.29, 0.717) is 29.3 Å². The first-order valence-electron chi connectivity index (χ1n) is 8.94. The Morgan fingerprint density at radius 1 is 1.29 bits per heavy atom. The van der Waals surface area contributed by atoms with Crippen molar-refractivity contribution in [2.75, 3.05) is 6.66 Å². The summed E-state index contributed by atoms with van der Waals surface area (Å²) < 4.78 is 5.54. The Bertz CT molecular complexity index is 740. The van der Waals surface area contributed by atoms with Gasteiger partial charge in [0.05, 0.1) is 0 Å². The smallest absolute Gasteiger partial charge is 0.232 e. The molecule has 1 N–H and O–H groups in total. The van der Waals surface area contributed by atoms with Gasteiger partial charge in [-0.2, -0.15) is 0 Å². The highest BCUT2D eigenvalue weighted by molar-refractivity contribution is 8.09. The quantitative estimate of drug-likeness (QED) is 0.789. The summed E-state index contributed by atoms with van der Waals surface area (Å²) in [6, 6.07) is 6.20. The van der Waals surface area contributed by atoms with Gasteiger partial charge in [0.1, 0.15) is 11.5 Å². The summed E-state index contributed by atoms with van der Waals surface area (Å²) in [4.78, 5) is 22.2. The molecule has 0 spiro atoms. The van der Waals surface area contributed by atoms with Crippen LogP contribution in [0.25, 0.3) is 0 Å². The van der Waals surface area contributed by atoms with Gasteiger partial charge in [0.15, 0.2) is 0 Å². The third kappa shape index (κ3) is 2.67. The van der Waals surface area contributed by atoms with Gasteiger partial charge in [-0.25, -0.2) is 0 Å². The Kier molecular flexibility index (Phi) is 3.95. The van der Waals surface area contributed by atoms with Gasteiger partial charge in [-0.3, -0.25) is 4.79 Å². The molecule has 0 amide bonds. The molecular weight excluding hydrogens is 339 g/mol. The van der Waals surface area contributed by atoms with Crippen LogP contribution in [0.1, 0.15) is 56.1 Å². The summed E-state index contributed by atoms with van der Waals surface area (Å²) in [5.41, 5.74) is 2.71. The number of fused-ring (bicyclic) bond motifs is 5. The lowest BCUT2D eigenvalue weighted by Crippen LogP contribution is -2.42. The van der Waals surface area contributed by atoms with Crippen LogP contribution in [0, 0.1) is 17.3 Å². The van der Waals surface area contributed by atoms with E-state index in [1.807, 2.05) is 6.07 Å². The van der Waals surface area contributed by atoms with Crippen LogP contribution in [-0.2, 0) is 23.0 Å². The number of carbonyl (C=O) groups is 1. The van der Waals surface area contributed by atoms with E-state index in [-0.39, 0.29) is 5.41 Å². The predicted octanol–water partition coefficient (Wildman–Crippen LogP) is 4.42. The maximum Gasteiger partial charge on any atom is 0.232 e. The van der Waals surface area contributed by atoms with Gasteiger partial charge in [-0.1, -0.05) is 13.0 Å². The number of Topliss-reactive ketones (excluding diaryl/α,β-unsaturated/α-hetero) is 1. The first-order chi connectivity index (χ1) is 11.3. The summed E-state index contributed by atoms with van der Waals surface area (Å²) in [7, 11) is 0. The molecule has 3 aliphatic carbocycles. The van der Waals surface area contributed by atoms with Gasteiger partial charge in [0.2, 0.25) is 6.49 Å². The highest BCUT2D eigenvalue weighted by atomic mass is 32.5. The summed E-state index contributed by atoms with van der Waals surface area (Å²) in [6.45, 7) is 1.11. The highest BCUT2D eigenvalue weighted by Gasteiger charge is 2.54. The average molecular weight is 364 g/mol. The van der Waals surface area contributed by atoms with Crippen molar-refractivity contribution in [2.24, 2.45) is 17.3 Å². The second kappa shape index (κ2) is 5.65. The van der Waals surface area contributed by atoms with Crippen molar-refractivity contribution < 1.29 is 14.2 Å². The lowest BCUT2D eigenvalue weighted by atomic mass is 9.55. The Morgan fingerprint density at radius 3 is 2.83 bits per heavy atom. The summed E-state index contributed by atoms with van der Waals surface area (Å²) in [5, 5.41) is 0. The molecule has 0 radical (unpaired) electrons. The van der Waals surface area contributed by atoms with E-state index in [1.165, 1.54) is 11.1 Å². The normalized spacial score (nSPS) is 37.1. The van der Waals surface area contributed by atoms with Crippen LogP contribution in [0.4, 0.5) is 0 Å². The number of hydrogen-bond donors (Lipinski definition) is 1. The van der Waals surface area contributed by atoms with Crippen LogP contribution < -0.4 is 4.52 Å². The molecule has 3 nitrogen and oxygen atoms in total. The van der Waals surface area contributed by atoms with Crippen LogP contribution in [0.5, 0.6) is 5.75 Å². The zero-order chi connectivity index (χ0) is 17.1. The molecular formula is C19H25O3PS. The second-order valence-corrected chi connectivity index (χ2v) is 11.9. The molecule has 24 heavy (non-hydrogen) atoms. The summed E-state index contributed by atoms with van der Waals surface area (Å²) in [5.74, 6) is 2.97.